The second-order valence-electron chi connectivity index (χ2n) is 7.45. The molecule has 0 spiro atoms. The van der Waals surface area contributed by atoms with E-state index >= 15 is 0 Å². The van der Waals surface area contributed by atoms with E-state index in [2.05, 4.69) is 5.32 Å². The van der Waals surface area contributed by atoms with E-state index in [1.165, 1.54) is 24.3 Å². The van der Waals surface area contributed by atoms with E-state index in [-0.39, 0.29) is 23.1 Å². The molecule has 0 radical (unpaired) electrons. The molecule has 0 unspecified atom stereocenters. The SMILES string of the molecule is O=C1CCc2cc([N+](=O)[O-])c(N3CCCN(C(=O)c4cccc(F)c4)CC3)cc2N1. The lowest BCUT2D eigenvalue weighted by Gasteiger charge is -2.26. The number of carbonyl (C=O) groups is 2. The molecule has 2 heterocycles. The number of aryl methyl sites for hydroxylation is 1. The molecule has 4 rings (SSSR count). The molecule has 2 aromatic carbocycles. The van der Waals surface area contributed by atoms with Gasteiger partial charge in [0.2, 0.25) is 5.91 Å². The van der Waals surface area contributed by atoms with E-state index in [0.29, 0.717) is 56.8 Å². The Bertz CT molecular complexity index is 1030. The fourth-order valence-corrected chi connectivity index (χ4v) is 3.97. The van der Waals surface area contributed by atoms with Crippen LogP contribution in [0.5, 0.6) is 0 Å². The highest BCUT2D eigenvalue weighted by atomic mass is 19.1. The third-order valence-electron chi connectivity index (χ3n) is 5.49. The van der Waals surface area contributed by atoms with E-state index in [4.69, 9.17) is 0 Å². The van der Waals surface area contributed by atoms with Gasteiger partial charge < -0.3 is 15.1 Å². The topological polar surface area (TPSA) is 95.8 Å². The predicted molar refractivity (Wildman–Crippen MR) is 109 cm³/mol. The summed E-state index contributed by atoms with van der Waals surface area (Å²) in [5.41, 5.74) is 2.06. The molecule has 9 heteroatoms. The van der Waals surface area contributed by atoms with Crippen LogP contribution in [0.2, 0.25) is 0 Å². The first-order valence-electron chi connectivity index (χ1n) is 9.83. The maximum atomic E-state index is 13.5. The number of hydrogen-bond donors (Lipinski definition) is 1. The zero-order valence-corrected chi connectivity index (χ0v) is 16.3. The predicted octanol–water partition coefficient (Wildman–Crippen LogP) is 2.97. The first-order valence-corrected chi connectivity index (χ1v) is 9.83. The summed E-state index contributed by atoms with van der Waals surface area (Å²) >= 11 is 0. The number of nitrogens with one attached hydrogen (secondary N) is 1. The van der Waals surface area contributed by atoms with Crippen molar-refractivity contribution in [1.29, 1.82) is 0 Å². The van der Waals surface area contributed by atoms with Crippen molar-refractivity contribution >= 4 is 28.9 Å². The van der Waals surface area contributed by atoms with Crippen LogP contribution >= 0.6 is 0 Å². The largest absolute Gasteiger partial charge is 0.364 e. The number of hydrogen-bond acceptors (Lipinski definition) is 5. The number of halogens is 1. The third-order valence-corrected chi connectivity index (χ3v) is 5.49. The minimum atomic E-state index is -0.468. The molecule has 0 aromatic heterocycles. The van der Waals surface area contributed by atoms with E-state index in [1.54, 1.807) is 17.0 Å². The van der Waals surface area contributed by atoms with Crippen LogP contribution in [0.1, 0.15) is 28.8 Å². The Kier molecular flexibility index (Phi) is 5.35. The van der Waals surface area contributed by atoms with Gasteiger partial charge in [-0.15, -0.1) is 0 Å². The highest BCUT2D eigenvalue weighted by Gasteiger charge is 2.28. The average molecular weight is 412 g/mol. The summed E-state index contributed by atoms with van der Waals surface area (Å²) in [6, 6.07) is 8.76. The molecule has 1 saturated heterocycles. The molecule has 1 N–H and O–H groups in total. The Hall–Kier alpha value is -3.49. The van der Waals surface area contributed by atoms with Gasteiger partial charge in [0.05, 0.1) is 4.92 Å². The lowest BCUT2D eigenvalue weighted by atomic mass is 10.0. The van der Waals surface area contributed by atoms with Gasteiger partial charge in [0.25, 0.3) is 11.6 Å². The smallest absolute Gasteiger partial charge is 0.292 e. The van der Waals surface area contributed by atoms with Gasteiger partial charge in [-0.25, -0.2) is 4.39 Å². The maximum absolute atomic E-state index is 13.5. The van der Waals surface area contributed by atoms with Gasteiger partial charge in [0, 0.05) is 49.9 Å². The zero-order chi connectivity index (χ0) is 21.3. The van der Waals surface area contributed by atoms with Gasteiger partial charge in [-0.2, -0.15) is 0 Å². The van der Waals surface area contributed by atoms with Crippen molar-refractivity contribution < 1.29 is 18.9 Å². The van der Waals surface area contributed by atoms with E-state index in [1.807, 2.05) is 4.90 Å². The van der Waals surface area contributed by atoms with Crippen LogP contribution < -0.4 is 10.2 Å². The Labute approximate surface area is 172 Å². The Balaban J connectivity index is 1.57. The van der Waals surface area contributed by atoms with Crippen molar-refractivity contribution in [3.8, 4) is 0 Å². The van der Waals surface area contributed by atoms with Crippen molar-refractivity contribution in [3.05, 3.63) is 63.5 Å². The molecule has 2 aromatic rings. The number of carbonyl (C=O) groups excluding carboxylic acids is 2. The Morgan fingerprint density at radius 3 is 2.70 bits per heavy atom. The quantitative estimate of drug-likeness (QED) is 0.618. The molecule has 2 aliphatic heterocycles. The lowest BCUT2D eigenvalue weighted by molar-refractivity contribution is -0.384. The second-order valence-corrected chi connectivity index (χ2v) is 7.45. The first-order chi connectivity index (χ1) is 14.4. The van der Waals surface area contributed by atoms with Crippen LogP contribution in [-0.4, -0.2) is 47.8 Å². The molecule has 2 aliphatic rings. The highest BCUT2D eigenvalue weighted by molar-refractivity contribution is 5.96. The van der Waals surface area contributed by atoms with Crippen molar-refractivity contribution in [2.24, 2.45) is 0 Å². The molecular weight excluding hydrogens is 391 g/mol. The van der Waals surface area contributed by atoms with Crippen LogP contribution in [0.3, 0.4) is 0 Å². The summed E-state index contributed by atoms with van der Waals surface area (Å²) in [6.07, 6.45) is 1.39. The van der Waals surface area contributed by atoms with Crippen molar-refractivity contribution in [2.75, 3.05) is 36.4 Å². The average Bonchev–Trinajstić information content (AvgIpc) is 2.98. The summed E-state index contributed by atoms with van der Waals surface area (Å²) < 4.78 is 13.5. The van der Waals surface area contributed by atoms with Crippen molar-refractivity contribution in [2.45, 2.75) is 19.3 Å². The van der Waals surface area contributed by atoms with Crippen LogP contribution in [-0.2, 0) is 11.2 Å². The molecular formula is C21H21FN4O4. The number of nitro benzene ring substituents is 1. The highest BCUT2D eigenvalue weighted by Crippen LogP contribution is 2.36. The number of fused-ring (bicyclic) bond motifs is 1. The number of benzene rings is 2. The molecule has 1 fully saturated rings. The summed E-state index contributed by atoms with van der Waals surface area (Å²) in [5.74, 6) is -0.836. The molecule has 30 heavy (non-hydrogen) atoms. The Morgan fingerprint density at radius 1 is 1.10 bits per heavy atom. The third kappa shape index (κ3) is 3.96. The summed E-state index contributed by atoms with van der Waals surface area (Å²) in [4.78, 5) is 39.3. The van der Waals surface area contributed by atoms with Crippen LogP contribution in [0, 0.1) is 15.9 Å². The van der Waals surface area contributed by atoms with Gasteiger partial charge in [-0.05, 0) is 42.7 Å². The fourth-order valence-electron chi connectivity index (χ4n) is 3.97. The maximum Gasteiger partial charge on any atom is 0.292 e. The number of anilines is 2. The van der Waals surface area contributed by atoms with Gasteiger partial charge in [-0.1, -0.05) is 6.07 Å². The fraction of sp³-hybridized carbons (Fsp3) is 0.333. The molecule has 0 bridgehead atoms. The van der Waals surface area contributed by atoms with Crippen LogP contribution in [0.25, 0.3) is 0 Å². The minimum absolute atomic E-state index is 0.00481. The summed E-state index contributed by atoms with van der Waals surface area (Å²) in [6.45, 7) is 1.76. The first kappa shape index (κ1) is 19.8. The van der Waals surface area contributed by atoms with E-state index in [0.717, 1.165) is 5.56 Å². The number of amides is 2. The molecule has 8 nitrogen and oxygen atoms in total. The Morgan fingerprint density at radius 2 is 1.93 bits per heavy atom. The normalized spacial score (nSPS) is 16.5. The molecule has 0 atom stereocenters. The van der Waals surface area contributed by atoms with Gasteiger partial charge in [0.15, 0.2) is 0 Å². The summed E-state index contributed by atoms with van der Waals surface area (Å²) in [7, 11) is 0. The van der Waals surface area contributed by atoms with Crippen LogP contribution in [0.4, 0.5) is 21.5 Å². The standard InChI is InChI=1S/C21H21FN4O4/c22-16-4-1-3-15(11-16)21(28)25-8-2-7-24(9-10-25)18-13-17-14(5-6-20(27)23-17)12-19(18)26(29)30/h1,3-4,11-13H,2,5-10H2,(H,23,27). The zero-order valence-electron chi connectivity index (χ0n) is 16.3. The summed E-state index contributed by atoms with van der Waals surface area (Å²) in [5, 5.41) is 14.5. The van der Waals surface area contributed by atoms with Crippen LogP contribution in [0.15, 0.2) is 36.4 Å². The van der Waals surface area contributed by atoms with Gasteiger partial charge in [0.1, 0.15) is 11.5 Å². The lowest BCUT2D eigenvalue weighted by Crippen LogP contribution is -2.35. The number of nitro groups is 1. The van der Waals surface area contributed by atoms with Crippen molar-refractivity contribution in [3.63, 3.8) is 0 Å². The van der Waals surface area contributed by atoms with Crippen molar-refractivity contribution in [1.82, 2.24) is 4.90 Å². The number of rotatable bonds is 3. The molecule has 156 valence electrons. The van der Waals surface area contributed by atoms with Gasteiger partial charge >= 0.3 is 0 Å². The molecule has 2 amide bonds. The second kappa shape index (κ2) is 8.10. The van der Waals surface area contributed by atoms with Gasteiger partial charge in [-0.3, -0.25) is 19.7 Å². The number of nitrogens with zero attached hydrogens (tertiary/aromatic N) is 3. The molecule has 0 aliphatic carbocycles. The monoisotopic (exact) mass is 412 g/mol. The molecule has 0 saturated carbocycles. The van der Waals surface area contributed by atoms with E-state index < -0.39 is 10.7 Å². The van der Waals surface area contributed by atoms with E-state index in [9.17, 15) is 24.1 Å². The minimum Gasteiger partial charge on any atom is -0.364 e.